The van der Waals surface area contributed by atoms with E-state index in [-0.39, 0.29) is 24.6 Å². The van der Waals surface area contributed by atoms with Gasteiger partial charge in [-0.15, -0.1) is 0 Å². The summed E-state index contributed by atoms with van der Waals surface area (Å²) >= 11 is 3.29. The standard InChI is InChI=1S/C13H17BrN2O3/c14-11-1-2-12(18)16(8-11)9-13(19)15-5-3-10(7-15)4-6-17/h1-2,8,10,17H,3-7,9H2. The molecule has 1 saturated heterocycles. The summed E-state index contributed by atoms with van der Waals surface area (Å²) in [6, 6.07) is 3.10. The zero-order valence-corrected chi connectivity index (χ0v) is 12.2. The van der Waals surface area contributed by atoms with Crippen LogP contribution in [0, 0.1) is 5.92 Å². The van der Waals surface area contributed by atoms with Crippen LogP contribution < -0.4 is 5.56 Å². The third-order valence-electron chi connectivity index (χ3n) is 3.43. The number of hydrogen-bond acceptors (Lipinski definition) is 3. The lowest BCUT2D eigenvalue weighted by Crippen LogP contribution is -2.34. The molecule has 6 heteroatoms. The van der Waals surface area contributed by atoms with Crippen LogP contribution in [0.15, 0.2) is 27.6 Å². The zero-order valence-electron chi connectivity index (χ0n) is 10.6. The van der Waals surface area contributed by atoms with E-state index in [0.717, 1.165) is 17.3 Å². The van der Waals surface area contributed by atoms with Gasteiger partial charge in [0.1, 0.15) is 6.54 Å². The monoisotopic (exact) mass is 328 g/mol. The van der Waals surface area contributed by atoms with E-state index in [0.29, 0.717) is 19.0 Å². The van der Waals surface area contributed by atoms with Crippen molar-refractivity contribution in [1.29, 1.82) is 0 Å². The van der Waals surface area contributed by atoms with Gasteiger partial charge in [0.25, 0.3) is 5.56 Å². The molecular formula is C13H17BrN2O3. The van der Waals surface area contributed by atoms with Crippen molar-refractivity contribution in [2.45, 2.75) is 19.4 Å². The average Bonchev–Trinajstić information content (AvgIpc) is 2.83. The van der Waals surface area contributed by atoms with Crippen molar-refractivity contribution in [3.05, 3.63) is 33.2 Å². The van der Waals surface area contributed by atoms with Crippen LogP contribution in [-0.4, -0.2) is 40.2 Å². The molecule has 0 aliphatic carbocycles. The van der Waals surface area contributed by atoms with Crippen LogP contribution >= 0.6 is 15.9 Å². The van der Waals surface area contributed by atoms with Gasteiger partial charge in [0.05, 0.1) is 0 Å². The van der Waals surface area contributed by atoms with Crippen LogP contribution in [-0.2, 0) is 11.3 Å². The van der Waals surface area contributed by atoms with Crippen LogP contribution in [0.4, 0.5) is 0 Å². The summed E-state index contributed by atoms with van der Waals surface area (Å²) in [7, 11) is 0. The number of hydrogen-bond donors (Lipinski definition) is 1. The second-order valence-electron chi connectivity index (χ2n) is 4.82. The molecule has 19 heavy (non-hydrogen) atoms. The first-order valence-corrected chi connectivity index (χ1v) is 7.14. The lowest BCUT2D eigenvalue weighted by Gasteiger charge is -2.17. The summed E-state index contributed by atoms with van der Waals surface area (Å²) in [6.45, 7) is 1.64. The normalized spacial score (nSPS) is 18.8. The Labute approximate surface area is 120 Å². The summed E-state index contributed by atoms with van der Waals surface area (Å²) in [5.41, 5.74) is -0.178. The molecule has 1 N–H and O–H groups in total. The van der Waals surface area contributed by atoms with Gasteiger partial charge in [0, 0.05) is 36.4 Å². The summed E-state index contributed by atoms with van der Waals surface area (Å²) in [5.74, 6) is 0.342. The quantitative estimate of drug-likeness (QED) is 0.891. The number of carbonyl (C=O) groups excluding carboxylic acids is 1. The Balaban J connectivity index is 1.98. The molecule has 0 spiro atoms. The largest absolute Gasteiger partial charge is 0.396 e. The zero-order chi connectivity index (χ0) is 13.8. The Morgan fingerprint density at radius 1 is 1.47 bits per heavy atom. The number of nitrogens with zero attached hydrogens (tertiary/aromatic N) is 2. The smallest absolute Gasteiger partial charge is 0.251 e. The predicted octanol–water partition coefficient (Wildman–Crippen LogP) is 0.842. The number of aliphatic hydroxyl groups is 1. The fourth-order valence-electron chi connectivity index (χ4n) is 2.35. The highest BCUT2D eigenvalue weighted by Gasteiger charge is 2.25. The van der Waals surface area contributed by atoms with E-state index in [9.17, 15) is 9.59 Å². The number of likely N-dealkylation sites (tertiary alicyclic amines) is 1. The Bertz CT molecular complexity index is 515. The van der Waals surface area contributed by atoms with E-state index >= 15 is 0 Å². The van der Waals surface area contributed by atoms with Crippen LogP contribution in [0.2, 0.25) is 0 Å². The van der Waals surface area contributed by atoms with Gasteiger partial charge in [-0.3, -0.25) is 9.59 Å². The van der Waals surface area contributed by atoms with Crippen LogP contribution in [0.3, 0.4) is 0 Å². The maximum absolute atomic E-state index is 12.1. The van der Waals surface area contributed by atoms with Crippen molar-refractivity contribution >= 4 is 21.8 Å². The third-order valence-corrected chi connectivity index (χ3v) is 3.90. The maximum atomic E-state index is 12.1. The number of carbonyl (C=O) groups is 1. The Morgan fingerprint density at radius 3 is 3.00 bits per heavy atom. The van der Waals surface area contributed by atoms with Gasteiger partial charge in [0.15, 0.2) is 0 Å². The maximum Gasteiger partial charge on any atom is 0.251 e. The van der Waals surface area contributed by atoms with E-state index in [1.807, 2.05) is 0 Å². The molecule has 2 heterocycles. The molecule has 5 nitrogen and oxygen atoms in total. The molecule has 104 valence electrons. The van der Waals surface area contributed by atoms with E-state index in [1.165, 1.54) is 10.6 Å². The molecule has 1 fully saturated rings. The van der Waals surface area contributed by atoms with Crippen molar-refractivity contribution in [3.8, 4) is 0 Å². The number of pyridine rings is 1. The Hall–Kier alpha value is -1.14. The number of rotatable bonds is 4. The molecule has 0 radical (unpaired) electrons. The molecule has 1 aliphatic heterocycles. The van der Waals surface area contributed by atoms with E-state index in [2.05, 4.69) is 15.9 Å². The second kappa shape index (κ2) is 6.34. The second-order valence-corrected chi connectivity index (χ2v) is 5.74. The molecular weight excluding hydrogens is 312 g/mol. The molecule has 0 saturated carbocycles. The lowest BCUT2D eigenvalue weighted by molar-refractivity contribution is -0.131. The van der Waals surface area contributed by atoms with E-state index in [4.69, 9.17) is 5.11 Å². The average molecular weight is 329 g/mol. The molecule has 1 aromatic rings. The lowest BCUT2D eigenvalue weighted by atomic mass is 10.1. The summed E-state index contributed by atoms with van der Waals surface area (Å²) in [4.78, 5) is 25.5. The first-order valence-electron chi connectivity index (χ1n) is 6.35. The Kier molecular flexibility index (Phi) is 4.76. The number of amides is 1. The molecule has 1 amide bonds. The topological polar surface area (TPSA) is 62.5 Å². The molecule has 1 aliphatic rings. The number of aliphatic hydroxyl groups excluding tert-OH is 1. The fraction of sp³-hybridized carbons (Fsp3) is 0.538. The summed E-state index contributed by atoms with van der Waals surface area (Å²) in [5, 5.41) is 8.90. The highest BCUT2D eigenvalue weighted by atomic mass is 79.9. The molecule has 1 atom stereocenters. The molecule has 1 aromatic heterocycles. The van der Waals surface area contributed by atoms with Crippen LogP contribution in [0.5, 0.6) is 0 Å². The Morgan fingerprint density at radius 2 is 2.26 bits per heavy atom. The van der Waals surface area contributed by atoms with Crippen LogP contribution in [0.25, 0.3) is 0 Å². The van der Waals surface area contributed by atoms with Crippen molar-refractivity contribution in [2.24, 2.45) is 5.92 Å². The van der Waals surface area contributed by atoms with Crippen molar-refractivity contribution in [2.75, 3.05) is 19.7 Å². The molecule has 0 aromatic carbocycles. The molecule has 0 bridgehead atoms. The summed E-state index contributed by atoms with van der Waals surface area (Å²) in [6.07, 6.45) is 3.29. The van der Waals surface area contributed by atoms with Crippen LogP contribution in [0.1, 0.15) is 12.8 Å². The van der Waals surface area contributed by atoms with E-state index in [1.54, 1.807) is 17.2 Å². The van der Waals surface area contributed by atoms with Gasteiger partial charge < -0.3 is 14.6 Å². The summed E-state index contributed by atoms with van der Waals surface area (Å²) < 4.78 is 2.19. The van der Waals surface area contributed by atoms with Crippen molar-refractivity contribution in [1.82, 2.24) is 9.47 Å². The predicted molar refractivity (Wildman–Crippen MR) is 74.8 cm³/mol. The van der Waals surface area contributed by atoms with Crippen molar-refractivity contribution < 1.29 is 9.90 Å². The first kappa shape index (κ1) is 14.3. The van der Waals surface area contributed by atoms with Gasteiger partial charge in [-0.05, 0) is 40.8 Å². The first-order chi connectivity index (χ1) is 9.10. The van der Waals surface area contributed by atoms with Gasteiger partial charge in [0.2, 0.25) is 5.91 Å². The minimum absolute atomic E-state index is 0.0411. The molecule has 2 rings (SSSR count). The van der Waals surface area contributed by atoms with Gasteiger partial charge in [-0.1, -0.05) is 0 Å². The third kappa shape index (κ3) is 3.67. The van der Waals surface area contributed by atoms with Crippen molar-refractivity contribution in [3.63, 3.8) is 0 Å². The van der Waals surface area contributed by atoms with E-state index < -0.39 is 0 Å². The molecule has 1 unspecified atom stereocenters. The van der Waals surface area contributed by atoms with Gasteiger partial charge >= 0.3 is 0 Å². The minimum atomic E-state index is -0.178. The SMILES string of the molecule is O=C(Cn1cc(Br)ccc1=O)N1CCC(CCO)C1. The number of aromatic nitrogens is 1. The number of halogens is 1. The fourth-order valence-corrected chi connectivity index (χ4v) is 2.73. The van der Waals surface area contributed by atoms with Gasteiger partial charge in [-0.2, -0.15) is 0 Å². The highest BCUT2D eigenvalue weighted by Crippen LogP contribution is 2.19. The van der Waals surface area contributed by atoms with Gasteiger partial charge in [-0.25, -0.2) is 0 Å². The minimum Gasteiger partial charge on any atom is -0.396 e. The highest BCUT2D eigenvalue weighted by molar-refractivity contribution is 9.10.